The van der Waals surface area contributed by atoms with E-state index in [1.54, 1.807) is 38.1 Å². The third kappa shape index (κ3) is 5.34. The number of anilines is 1. The number of benzene rings is 2. The Balaban J connectivity index is 1.71. The van der Waals surface area contributed by atoms with Crippen molar-refractivity contribution < 1.29 is 32.3 Å². The molecular formula is C24H24N2O7S. The quantitative estimate of drug-likeness (QED) is 0.350. The van der Waals surface area contributed by atoms with Crippen molar-refractivity contribution in [2.45, 2.75) is 25.7 Å². The highest BCUT2D eigenvalue weighted by atomic mass is 32.2. The highest BCUT2D eigenvalue weighted by Gasteiger charge is 2.22. The second-order valence-corrected chi connectivity index (χ2v) is 9.22. The van der Waals surface area contributed by atoms with Gasteiger partial charge in [-0.1, -0.05) is 6.07 Å². The third-order valence-corrected chi connectivity index (χ3v) is 6.50. The number of rotatable bonds is 9. The number of esters is 1. The van der Waals surface area contributed by atoms with Gasteiger partial charge < -0.3 is 14.5 Å². The second-order valence-electron chi connectivity index (χ2n) is 7.54. The number of nitrogens with one attached hydrogen (secondary N) is 2. The molecule has 3 rings (SSSR count). The number of H-pyrrole nitrogens is 1. The van der Waals surface area contributed by atoms with Crippen molar-refractivity contribution in [1.82, 2.24) is 4.98 Å². The maximum Gasteiger partial charge on any atom is 0.338 e. The molecule has 3 aromatic rings. The van der Waals surface area contributed by atoms with E-state index in [-0.39, 0.29) is 21.9 Å². The molecule has 0 aliphatic heterocycles. The van der Waals surface area contributed by atoms with E-state index in [1.807, 2.05) is 0 Å². The molecule has 0 spiro atoms. The van der Waals surface area contributed by atoms with Crippen LogP contribution in [0, 0.1) is 13.8 Å². The number of hydrogen-bond donors (Lipinski definition) is 2. The summed E-state index contributed by atoms with van der Waals surface area (Å²) in [7, 11) is -2.48. The van der Waals surface area contributed by atoms with E-state index in [2.05, 4.69) is 9.71 Å². The minimum Gasteiger partial charge on any atom is -0.497 e. The Morgan fingerprint density at radius 3 is 2.29 bits per heavy atom. The van der Waals surface area contributed by atoms with Gasteiger partial charge in [-0.25, -0.2) is 13.2 Å². The highest BCUT2D eigenvalue weighted by Crippen LogP contribution is 2.21. The fourth-order valence-corrected chi connectivity index (χ4v) is 4.61. The molecule has 0 atom stereocenters. The third-order valence-electron chi connectivity index (χ3n) is 5.13. The summed E-state index contributed by atoms with van der Waals surface area (Å²) in [5, 5.41) is 0. The average molecular weight is 485 g/mol. The number of methoxy groups -OCH3 is 1. The molecule has 1 aromatic heterocycles. The van der Waals surface area contributed by atoms with Crippen LogP contribution in [0.4, 0.5) is 5.69 Å². The number of aromatic nitrogens is 1. The van der Waals surface area contributed by atoms with Crippen LogP contribution in [0.25, 0.3) is 0 Å². The first kappa shape index (κ1) is 24.7. The number of aromatic amines is 1. The molecule has 0 bridgehead atoms. The SMILES string of the molecule is COc1ccc(NS(=O)(=O)c2cccc(C(=O)OCC(=O)c3[nH]c(C)c(C(C)=O)c3C)c2)cc1. The lowest BCUT2D eigenvalue weighted by atomic mass is 10.1. The van der Waals surface area contributed by atoms with Gasteiger partial charge in [0.2, 0.25) is 5.78 Å². The number of hydrogen-bond acceptors (Lipinski definition) is 7. The van der Waals surface area contributed by atoms with Gasteiger partial charge in [0.1, 0.15) is 5.75 Å². The molecule has 0 unspecified atom stereocenters. The van der Waals surface area contributed by atoms with Crippen LogP contribution in [0.15, 0.2) is 53.4 Å². The Morgan fingerprint density at radius 1 is 1.03 bits per heavy atom. The zero-order chi connectivity index (χ0) is 25.0. The normalized spacial score (nSPS) is 11.1. The monoisotopic (exact) mass is 484 g/mol. The van der Waals surface area contributed by atoms with Crippen LogP contribution in [0.5, 0.6) is 5.75 Å². The number of carbonyl (C=O) groups is 3. The standard InChI is InChI=1S/C24H24N2O7S/c1-14-22(16(3)27)15(2)25-23(14)21(28)13-33-24(29)17-6-5-7-20(12-17)34(30,31)26-18-8-10-19(32-4)11-9-18/h5-12,25-26H,13H2,1-4H3. The molecule has 0 fully saturated rings. The molecule has 0 aliphatic rings. The van der Waals surface area contributed by atoms with Crippen LogP contribution in [-0.4, -0.2) is 44.7 Å². The molecule has 0 amide bonds. The fraction of sp³-hybridized carbons (Fsp3) is 0.208. The molecule has 0 saturated heterocycles. The summed E-state index contributed by atoms with van der Waals surface area (Å²) >= 11 is 0. The van der Waals surface area contributed by atoms with Gasteiger partial charge in [0, 0.05) is 16.9 Å². The van der Waals surface area contributed by atoms with Crippen LogP contribution in [0.1, 0.15) is 49.4 Å². The molecule has 10 heteroatoms. The van der Waals surface area contributed by atoms with Crippen molar-refractivity contribution in [3.8, 4) is 5.75 Å². The molecule has 9 nitrogen and oxygen atoms in total. The fourth-order valence-electron chi connectivity index (χ4n) is 3.51. The molecule has 34 heavy (non-hydrogen) atoms. The van der Waals surface area contributed by atoms with Crippen molar-refractivity contribution in [3.05, 3.63) is 76.6 Å². The van der Waals surface area contributed by atoms with E-state index in [0.717, 1.165) is 6.07 Å². The number of ketones is 2. The van der Waals surface area contributed by atoms with Gasteiger partial charge in [-0.3, -0.25) is 14.3 Å². The molecule has 178 valence electrons. The first-order valence-corrected chi connectivity index (χ1v) is 11.7. The number of carbonyl (C=O) groups excluding carboxylic acids is 3. The van der Waals surface area contributed by atoms with Crippen LogP contribution >= 0.6 is 0 Å². The van der Waals surface area contributed by atoms with Crippen molar-refractivity contribution >= 4 is 33.2 Å². The lowest BCUT2D eigenvalue weighted by molar-refractivity contribution is 0.0473. The molecule has 2 aromatic carbocycles. The number of sulfonamides is 1. The summed E-state index contributed by atoms with van der Waals surface area (Å²) in [5.74, 6) is -0.970. The topological polar surface area (TPSA) is 132 Å². The predicted molar refractivity (Wildman–Crippen MR) is 125 cm³/mol. The van der Waals surface area contributed by atoms with Gasteiger partial charge in [-0.05, 0) is 68.8 Å². The van der Waals surface area contributed by atoms with Crippen molar-refractivity contribution in [3.63, 3.8) is 0 Å². The maximum absolute atomic E-state index is 12.7. The van der Waals surface area contributed by atoms with E-state index < -0.39 is 28.4 Å². The highest BCUT2D eigenvalue weighted by molar-refractivity contribution is 7.92. The minimum absolute atomic E-state index is 0.0331. The van der Waals surface area contributed by atoms with Gasteiger partial charge in [0.05, 0.1) is 23.3 Å². The summed E-state index contributed by atoms with van der Waals surface area (Å²) in [4.78, 5) is 39.5. The largest absolute Gasteiger partial charge is 0.497 e. The van der Waals surface area contributed by atoms with E-state index in [4.69, 9.17) is 9.47 Å². The Hall–Kier alpha value is -3.92. The lowest BCUT2D eigenvalue weighted by Crippen LogP contribution is -2.17. The van der Waals surface area contributed by atoms with E-state index in [0.29, 0.717) is 28.3 Å². The van der Waals surface area contributed by atoms with E-state index in [1.165, 1.54) is 32.2 Å². The number of aryl methyl sites for hydroxylation is 1. The Labute approximate surface area is 197 Å². The summed E-state index contributed by atoms with van der Waals surface area (Å²) in [6.07, 6.45) is 0. The molecule has 0 radical (unpaired) electrons. The van der Waals surface area contributed by atoms with Crippen molar-refractivity contribution in [2.75, 3.05) is 18.4 Å². The summed E-state index contributed by atoms with van der Waals surface area (Å²) < 4.78 is 38.0. The Bertz CT molecular complexity index is 1360. The Kier molecular flexibility index (Phi) is 7.21. The predicted octanol–water partition coefficient (Wildman–Crippen LogP) is 3.68. The first-order valence-electron chi connectivity index (χ1n) is 10.2. The van der Waals surface area contributed by atoms with Gasteiger partial charge in [0.25, 0.3) is 10.0 Å². The van der Waals surface area contributed by atoms with Crippen molar-refractivity contribution in [1.29, 1.82) is 0 Å². The second kappa shape index (κ2) is 9.92. The summed E-state index contributed by atoms with van der Waals surface area (Å²) in [6.45, 7) is 4.15. The summed E-state index contributed by atoms with van der Waals surface area (Å²) in [6, 6.07) is 11.6. The van der Waals surface area contributed by atoms with E-state index in [9.17, 15) is 22.8 Å². The Morgan fingerprint density at radius 2 is 1.71 bits per heavy atom. The number of Topliss-reactive ketones (excluding diaryl/α,β-unsaturated/α-hetero) is 2. The minimum atomic E-state index is -3.98. The zero-order valence-electron chi connectivity index (χ0n) is 19.1. The van der Waals surface area contributed by atoms with Crippen LogP contribution in [0.2, 0.25) is 0 Å². The van der Waals surface area contributed by atoms with Crippen LogP contribution in [-0.2, 0) is 14.8 Å². The van der Waals surface area contributed by atoms with Gasteiger partial charge in [-0.15, -0.1) is 0 Å². The average Bonchev–Trinajstić information content (AvgIpc) is 3.11. The molecular weight excluding hydrogens is 460 g/mol. The van der Waals surface area contributed by atoms with Crippen molar-refractivity contribution in [2.24, 2.45) is 0 Å². The first-order chi connectivity index (χ1) is 16.0. The smallest absolute Gasteiger partial charge is 0.338 e. The molecule has 1 heterocycles. The molecule has 0 aliphatic carbocycles. The van der Waals surface area contributed by atoms with Crippen LogP contribution in [0.3, 0.4) is 0 Å². The van der Waals surface area contributed by atoms with E-state index >= 15 is 0 Å². The van der Waals surface area contributed by atoms with Gasteiger partial charge in [0.15, 0.2) is 12.4 Å². The zero-order valence-corrected chi connectivity index (χ0v) is 19.9. The summed E-state index contributed by atoms with van der Waals surface area (Å²) in [5.41, 5.74) is 1.95. The molecule has 0 saturated carbocycles. The maximum atomic E-state index is 12.7. The van der Waals surface area contributed by atoms with Crippen LogP contribution < -0.4 is 9.46 Å². The lowest BCUT2D eigenvalue weighted by Gasteiger charge is -2.10. The number of ether oxygens (including phenoxy) is 2. The molecule has 2 N–H and O–H groups in total. The van der Waals surface area contributed by atoms with Gasteiger partial charge >= 0.3 is 5.97 Å². The van der Waals surface area contributed by atoms with Gasteiger partial charge in [-0.2, -0.15) is 0 Å².